The molecule has 0 aliphatic carbocycles. The first kappa shape index (κ1) is 16.2. The van der Waals surface area contributed by atoms with Gasteiger partial charge in [0.05, 0.1) is 13.2 Å². The van der Waals surface area contributed by atoms with Crippen LogP contribution in [0.4, 0.5) is 4.39 Å². The molecule has 0 spiro atoms. The lowest BCUT2D eigenvalue weighted by atomic mass is 10.2. The summed E-state index contributed by atoms with van der Waals surface area (Å²) in [6, 6.07) is 8.55. The van der Waals surface area contributed by atoms with Crippen LogP contribution in [0.2, 0.25) is 0 Å². The highest BCUT2D eigenvalue weighted by Crippen LogP contribution is 2.18. The third-order valence-electron chi connectivity index (χ3n) is 3.59. The maximum Gasteiger partial charge on any atom is 0.268 e. The highest BCUT2D eigenvalue weighted by molar-refractivity contribution is 5.94. The van der Waals surface area contributed by atoms with Gasteiger partial charge in [0, 0.05) is 24.9 Å². The lowest BCUT2D eigenvalue weighted by molar-refractivity contribution is 0.0927. The van der Waals surface area contributed by atoms with Crippen LogP contribution in [0.1, 0.15) is 27.3 Å². The van der Waals surface area contributed by atoms with Gasteiger partial charge in [0.15, 0.2) is 0 Å². The summed E-state index contributed by atoms with van der Waals surface area (Å²) in [6.07, 6.45) is 0. The monoisotopic (exact) mass is 304 g/mol. The molecular weight excluding hydrogens is 283 g/mol. The minimum absolute atomic E-state index is 0.168. The molecule has 118 valence electrons. The van der Waals surface area contributed by atoms with Crippen LogP contribution in [0.25, 0.3) is 0 Å². The fourth-order valence-corrected chi connectivity index (χ4v) is 2.50. The second-order valence-electron chi connectivity index (χ2n) is 5.24. The molecule has 0 fully saturated rings. The number of rotatable bonds is 6. The maximum absolute atomic E-state index is 13.9. The number of hydrogen-bond donors (Lipinski definition) is 1. The fraction of sp³-hybridized carbons (Fsp3) is 0.353. The van der Waals surface area contributed by atoms with Crippen LogP contribution in [0.3, 0.4) is 0 Å². The first-order chi connectivity index (χ1) is 10.5. The topological polar surface area (TPSA) is 43.3 Å². The van der Waals surface area contributed by atoms with Crippen LogP contribution in [0, 0.1) is 19.7 Å². The van der Waals surface area contributed by atoms with Gasteiger partial charge in [-0.25, -0.2) is 4.39 Å². The van der Waals surface area contributed by atoms with Gasteiger partial charge in [0.1, 0.15) is 11.5 Å². The predicted molar refractivity (Wildman–Crippen MR) is 83.6 cm³/mol. The molecule has 2 rings (SSSR count). The molecule has 22 heavy (non-hydrogen) atoms. The average Bonchev–Trinajstić information content (AvgIpc) is 2.76. The summed E-state index contributed by atoms with van der Waals surface area (Å²) in [6.45, 7) is 5.03. The molecule has 0 saturated carbocycles. The van der Waals surface area contributed by atoms with E-state index in [4.69, 9.17) is 4.74 Å². The summed E-state index contributed by atoms with van der Waals surface area (Å²) in [4.78, 5) is 12.4. The van der Waals surface area contributed by atoms with E-state index in [9.17, 15) is 9.18 Å². The van der Waals surface area contributed by atoms with Gasteiger partial charge in [0.25, 0.3) is 5.91 Å². The number of benzene rings is 1. The number of ether oxygens (including phenoxy) is 1. The van der Waals surface area contributed by atoms with E-state index in [-0.39, 0.29) is 11.7 Å². The number of methoxy groups -OCH3 is 1. The molecule has 0 unspecified atom stereocenters. The zero-order valence-corrected chi connectivity index (χ0v) is 13.1. The Kier molecular flexibility index (Phi) is 5.33. The molecule has 1 amide bonds. The van der Waals surface area contributed by atoms with Crippen molar-refractivity contribution in [2.75, 3.05) is 20.3 Å². The Morgan fingerprint density at radius 1 is 1.32 bits per heavy atom. The minimum Gasteiger partial charge on any atom is -0.383 e. The zero-order valence-electron chi connectivity index (χ0n) is 13.1. The summed E-state index contributed by atoms with van der Waals surface area (Å²) < 4.78 is 20.6. The summed E-state index contributed by atoms with van der Waals surface area (Å²) in [7, 11) is 1.59. The van der Waals surface area contributed by atoms with Gasteiger partial charge in [-0.15, -0.1) is 0 Å². The van der Waals surface area contributed by atoms with E-state index in [1.807, 2.05) is 24.5 Å². The van der Waals surface area contributed by atoms with Gasteiger partial charge in [-0.05, 0) is 31.5 Å². The summed E-state index contributed by atoms with van der Waals surface area (Å²) >= 11 is 0. The number of halogens is 1. The normalized spacial score (nSPS) is 10.7. The number of carbonyl (C=O) groups is 1. The van der Waals surface area contributed by atoms with Crippen molar-refractivity contribution < 1.29 is 13.9 Å². The number of aromatic nitrogens is 1. The minimum atomic E-state index is -0.265. The Bertz CT molecular complexity index is 665. The average molecular weight is 304 g/mol. The first-order valence-corrected chi connectivity index (χ1v) is 7.22. The molecule has 0 saturated heterocycles. The molecule has 0 radical (unpaired) electrons. The van der Waals surface area contributed by atoms with E-state index < -0.39 is 0 Å². The summed E-state index contributed by atoms with van der Waals surface area (Å²) in [5, 5.41) is 2.82. The van der Waals surface area contributed by atoms with Crippen molar-refractivity contribution >= 4 is 5.91 Å². The smallest absolute Gasteiger partial charge is 0.268 e. The van der Waals surface area contributed by atoms with E-state index in [2.05, 4.69) is 5.32 Å². The van der Waals surface area contributed by atoms with E-state index in [0.717, 1.165) is 11.3 Å². The number of amides is 1. The van der Waals surface area contributed by atoms with Gasteiger partial charge < -0.3 is 14.6 Å². The van der Waals surface area contributed by atoms with Crippen molar-refractivity contribution in [3.05, 3.63) is 58.7 Å². The van der Waals surface area contributed by atoms with Crippen LogP contribution < -0.4 is 5.32 Å². The maximum atomic E-state index is 13.9. The van der Waals surface area contributed by atoms with Crippen molar-refractivity contribution in [3.63, 3.8) is 0 Å². The second kappa shape index (κ2) is 7.22. The Morgan fingerprint density at radius 3 is 2.73 bits per heavy atom. The van der Waals surface area contributed by atoms with Crippen molar-refractivity contribution in [2.45, 2.75) is 20.4 Å². The quantitative estimate of drug-likeness (QED) is 0.834. The standard InChI is InChI=1S/C17H21FN2O2/c1-12-10-13(2)20(11-14-6-4-5-7-15(14)18)16(12)17(21)19-8-9-22-3/h4-7,10H,8-9,11H2,1-3H3,(H,19,21). The van der Waals surface area contributed by atoms with Crippen LogP contribution in [-0.2, 0) is 11.3 Å². The SMILES string of the molecule is COCCNC(=O)c1c(C)cc(C)n1Cc1ccccc1F. The lowest BCUT2D eigenvalue weighted by Gasteiger charge is -2.13. The third kappa shape index (κ3) is 3.54. The predicted octanol–water partition coefficient (Wildman–Crippen LogP) is 2.67. The van der Waals surface area contributed by atoms with Crippen molar-refractivity contribution in [1.29, 1.82) is 0 Å². The van der Waals surface area contributed by atoms with E-state index in [1.165, 1.54) is 6.07 Å². The van der Waals surface area contributed by atoms with Gasteiger partial charge >= 0.3 is 0 Å². The molecule has 5 heteroatoms. The van der Waals surface area contributed by atoms with Crippen molar-refractivity contribution in [1.82, 2.24) is 9.88 Å². The van der Waals surface area contributed by atoms with Crippen LogP contribution in [0.15, 0.2) is 30.3 Å². The number of hydrogen-bond acceptors (Lipinski definition) is 2. The third-order valence-corrected chi connectivity index (χ3v) is 3.59. The second-order valence-corrected chi connectivity index (χ2v) is 5.24. The van der Waals surface area contributed by atoms with Crippen LogP contribution >= 0.6 is 0 Å². The molecule has 1 aromatic carbocycles. The Morgan fingerprint density at radius 2 is 2.05 bits per heavy atom. The molecule has 0 aliphatic rings. The number of nitrogens with zero attached hydrogens (tertiary/aromatic N) is 1. The molecule has 1 aromatic heterocycles. The molecule has 1 N–H and O–H groups in total. The zero-order chi connectivity index (χ0) is 16.1. The van der Waals surface area contributed by atoms with Crippen molar-refractivity contribution in [3.8, 4) is 0 Å². The number of nitrogens with one attached hydrogen (secondary N) is 1. The Balaban J connectivity index is 2.28. The number of carbonyl (C=O) groups excluding carboxylic acids is 1. The van der Waals surface area contributed by atoms with Gasteiger partial charge in [-0.3, -0.25) is 4.79 Å². The highest BCUT2D eigenvalue weighted by atomic mass is 19.1. The molecular formula is C17H21FN2O2. The molecule has 0 aliphatic heterocycles. The van der Waals surface area contributed by atoms with Gasteiger partial charge in [-0.2, -0.15) is 0 Å². The van der Waals surface area contributed by atoms with Crippen LogP contribution in [-0.4, -0.2) is 30.7 Å². The molecule has 0 bridgehead atoms. The molecule has 2 aromatic rings. The van der Waals surface area contributed by atoms with Crippen molar-refractivity contribution in [2.24, 2.45) is 0 Å². The largest absolute Gasteiger partial charge is 0.383 e. The van der Waals surface area contributed by atoms with E-state index in [1.54, 1.807) is 25.3 Å². The van der Waals surface area contributed by atoms with Crippen LogP contribution in [0.5, 0.6) is 0 Å². The van der Waals surface area contributed by atoms with Gasteiger partial charge in [-0.1, -0.05) is 18.2 Å². The molecule has 4 nitrogen and oxygen atoms in total. The molecule has 0 atom stereocenters. The fourth-order valence-electron chi connectivity index (χ4n) is 2.50. The number of aryl methyl sites for hydroxylation is 2. The first-order valence-electron chi connectivity index (χ1n) is 7.22. The van der Waals surface area contributed by atoms with Gasteiger partial charge in [0.2, 0.25) is 0 Å². The Labute approximate surface area is 129 Å². The van der Waals surface area contributed by atoms with E-state index in [0.29, 0.717) is 31.0 Å². The van der Waals surface area contributed by atoms with E-state index >= 15 is 0 Å². The lowest BCUT2D eigenvalue weighted by Crippen LogP contribution is -2.30. The summed E-state index contributed by atoms with van der Waals surface area (Å²) in [5.41, 5.74) is 2.94. The summed E-state index contributed by atoms with van der Waals surface area (Å²) in [5.74, 6) is -0.432. The Hall–Kier alpha value is -2.14. The highest BCUT2D eigenvalue weighted by Gasteiger charge is 2.18. The molecule has 1 heterocycles.